The Morgan fingerprint density at radius 3 is 1.68 bits per heavy atom. The van der Waals surface area contributed by atoms with Crippen molar-refractivity contribution in [3.8, 4) is 11.8 Å². The van der Waals surface area contributed by atoms with Crippen LogP contribution in [0.25, 0.3) is 0 Å². The first-order chi connectivity index (χ1) is 10.9. The van der Waals surface area contributed by atoms with E-state index in [1.165, 1.54) is 12.5 Å². The Morgan fingerprint density at radius 1 is 0.773 bits per heavy atom. The van der Waals surface area contributed by atoms with Crippen LogP contribution in [0.4, 0.5) is 0 Å². The Hall–Kier alpha value is -2.17. The SMILES string of the molecule is C=COCCCCOc1cccc(OCCCCOC=C)n1. The predicted octanol–water partition coefficient (Wildman–Crippen LogP) is 3.72. The molecule has 5 nitrogen and oxygen atoms in total. The third-order valence-electron chi connectivity index (χ3n) is 2.75. The molecular weight excluding hydrogens is 282 g/mol. The van der Waals surface area contributed by atoms with E-state index >= 15 is 0 Å². The molecule has 22 heavy (non-hydrogen) atoms. The van der Waals surface area contributed by atoms with Gasteiger partial charge in [0.1, 0.15) is 0 Å². The number of hydrogen-bond acceptors (Lipinski definition) is 5. The van der Waals surface area contributed by atoms with Gasteiger partial charge in [-0.05, 0) is 25.7 Å². The lowest BCUT2D eigenvalue weighted by Crippen LogP contribution is -2.03. The van der Waals surface area contributed by atoms with Gasteiger partial charge in [-0.1, -0.05) is 19.2 Å². The average Bonchev–Trinajstić information content (AvgIpc) is 2.54. The Morgan fingerprint density at radius 2 is 1.23 bits per heavy atom. The zero-order valence-electron chi connectivity index (χ0n) is 13.0. The van der Waals surface area contributed by atoms with Crippen molar-refractivity contribution >= 4 is 0 Å². The molecule has 0 spiro atoms. The Bertz CT molecular complexity index is 388. The van der Waals surface area contributed by atoms with Crippen molar-refractivity contribution in [2.45, 2.75) is 25.7 Å². The van der Waals surface area contributed by atoms with E-state index in [-0.39, 0.29) is 0 Å². The number of aromatic nitrogens is 1. The molecule has 0 fully saturated rings. The maximum absolute atomic E-state index is 5.58. The van der Waals surface area contributed by atoms with E-state index < -0.39 is 0 Å². The molecule has 0 aliphatic rings. The molecule has 0 aliphatic carbocycles. The largest absolute Gasteiger partial charge is 0.502 e. The van der Waals surface area contributed by atoms with Crippen LogP contribution in [0, 0.1) is 0 Å². The number of nitrogens with zero attached hydrogens (tertiary/aromatic N) is 1. The fourth-order valence-corrected chi connectivity index (χ4v) is 1.65. The predicted molar refractivity (Wildman–Crippen MR) is 86.0 cm³/mol. The summed E-state index contributed by atoms with van der Waals surface area (Å²) in [6, 6.07) is 5.52. The molecule has 0 saturated carbocycles. The summed E-state index contributed by atoms with van der Waals surface area (Å²) in [5.41, 5.74) is 0. The third-order valence-corrected chi connectivity index (χ3v) is 2.75. The van der Waals surface area contributed by atoms with Crippen LogP contribution >= 0.6 is 0 Å². The quantitative estimate of drug-likeness (QED) is 0.387. The van der Waals surface area contributed by atoms with Crippen LogP contribution in [-0.4, -0.2) is 31.4 Å². The molecule has 0 N–H and O–H groups in total. The Balaban J connectivity index is 2.15. The number of unbranched alkanes of at least 4 members (excludes halogenated alkanes) is 2. The molecule has 0 aromatic carbocycles. The summed E-state index contributed by atoms with van der Waals surface area (Å²) in [6.45, 7) is 9.53. The van der Waals surface area contributed by atoms with Crippen molar-refractivity contribution in [3.63, 3.8) is 0 Å². The highest BCUT2D eigenvalue weighted by atomic mass is 16.5. The first-order valence-electron chi connectivity index (χ1n) is 7.54. The lowest BCUT2D eigenvalue weighted by molar-refractivity contribution is 0.218. The van der Waals surface area contributed by atoms with Crippen LogP contribution in [0.15, 0.2) is 43.9 Å². The van der Waals surface area contributed by atoms with Gasteiger partial charge >= 0.3 is 0 Å². The topological polar surface area (TPSA) is 49.8 Å². The van der Waals surface area contributed by atoms with Crippen LogP contribution in [0.2, 0.25) is 0 Å². The molecule has 1 aromatic heterocycles. The normalized spacial score (nSPS) is 9.82. The van der Waals surface area contributed by atoms with Crippen LogP contribution in [0.5, 0.6) is 11.8 Å². The van der Waals surface area contributed by atoms with Crippen LogP contribution in [0.1, 0.15) is 25.7 Å². The van der Waals surface area contributed by atoms with Crippen molar-refractivity contribution in [1.29, 1.82) is 0 Å². The summed E-state index contributed by atoms with van der Waals surface area (Å²) in [5.74, 6) is 1.16. The molecule has 0 amide bonds. The van der Waals surface area contributed by atoms with Gasteiger partial charge in [-0.3, -0.25) is 0 Å². The third kappa shape index (κ3) is 8.89. The van der Waals surface area contributed by atoms with E-state index in [2.05, 4.69) is 18.1 Å². The first-order valence-corrected chi connectivity index (χ1v) is 7.54. The summed E-state index contributed by atoms with van der Waals surface area (Å²) in [7, 11) is 0. The minimum Gasteiger partial charge on any atom is -0.502 e. The molecule has 0 radical (unpaired) electrons. The van der Waals surface area contributed by atoms with Gasteiger partial charge in [-0.15, -0.1) is 0 Å². The van der Waals surface area contributed by atoms with E-state index in [4.69, 9.17) is 18.9 Å². The van der Waals surface area contributed by atoms with Crippen molar-refractivity contribution in [2.24, 2.45) is 0 Å². The van der Waals surface area contributed by atoms with E-state index in [0.717, 1.165) is 25.7 Å². The molecule has 1 aromatic rings. The highest BCUT2D eigenvalue weighted by molar-refractivity contribution is 5.19. The van der Waals surface area contributed by atoms with Crippen molar-refractivity contribution in [1.82, 2.24) is 4.98 Å². The Labute approximate surface area is 132 Å². The molecule has 0 unspecified atom stereocenters. The summed E-state index contributed by atoms with van der Waals surface area (Å²) in [4.78, 5) is 4.30. The molecular formula is C17H25NO4. The standard InChI is InChI=1S/C17H25NO4/c1-3-19-12-5-7-14-21-16-10-9-11-17(18-16)22-15-8-6-13-20-4-2/h3-4,9-11H,1-2,5-8,12-15H2. The molecule has 0 atom stereocenters. The van der Waals surface area contributed by atoms with Gasteiger partial charge in [0.15, 0.2) is 0 Å². The highest BCUT2D eigenvalue weighted by Crippen LogP contribution is 2.14. The molecule has 0 saturated heterocycles. The summed E-state index contributed by atoms with van der Waals surface area (Å²) in [5, 5.41) is 0. The summed E-state index contributed by atoms with van der Waals surface area (Å²) in [6.07, 6.45) is 6.57. The Kier molecular flexibility index (Phi) is 10.2. The van der Waals surface area contributed by atoms with Gasteiger partial charge in [0, 0.05) is 12.1 Å². The number of ether oxygens (including phenoxy) is 4. The average molecular weight is 307 g/mol. The van der Waals surface area contributed by atoms with Crippen LogP contribution in [-0.2, 0) is 9.47 Å². The van der Waals surface area contributed by atoms with Crippen LogP contribution < -0.4 is 9.47 Å². The van der Waals surface area contributed by atoms with Crippen LogP contribution in [0.3, 0.4) is 0 Å². The summed E-state index contributed by atoms with van der Waals surface area (Å²) >= 11 is 0. The molecule has 0 aliphatic heterocycles. The minimum absolute atomic E-state index is 0.581. The van der Waals surface area contributed by atoms with Gasteiger partial charge in [0.05, 0.1) is 39.0 Å². The number of rotatable bonds is 14. The molecule has 122 valence electrons. The molecule has 1 heterocycles. The smallest absolute Gasteiger partial charge is 0.216 e. The molecule has 5 heteroatoms. The zero-order valence-corrected chi connectivity index (χ0v) is 13.0. The first kappa shape index (κ1) is 17.9. The molecule has 0 bridgehead atoms. The fraction of sp³-hybridized carbons (Fsp3) is 0.471. The van der Waals surface area contributed by atoms with Crippen molar-refractivity contribution < 1.29 is 18.9 Å². The van der Waals surface area contributed by atoms with Gasteiger partial charge in [0.25, 0.3) is 0 Å². The van der Waals surface area contributed by atoms with E-state index in [0.29, 0.717) is 38.2 Å². The maximum atomic E-state index is 5.58. The molecule has 1 rings (SSSR count). The minimum atomic E-state index is 0.581. The second kappa shape index (κ2) is 12.6. The summed E-state index contributed by atoms with van der Waals surface area (Å²) < 4.78 is 21.3. The lowest BCUT2D eigenvalue weighted by Gasteiger charge is -2.08. The number of hydrogen-bond donors (Lipinski definition) is 0. The van der Waals surface area contributed by atoms with Gasteiger partial charge in [-0.25, -0.2) is 0 Å². The van der Waals surface area contributed by atoms with E-state index in [1.807, 2.05) is 18.2 Å². The second-order valence-corrected chi connectivity index (χ2v) is 4.50. The fourth-order valence-electron chi connectivity index (χ4n) is 1.65. The monoisotopic (exact) mass is 307 g/mol. The highest BCUT2D eigenvalue weighted by Gasteiger charge is 2.00. The van der Waals surface area contributed by atoms with E-state index in [9.17, 15) is 0 Å². The van der Waals surface area contributed by atoms with Gasteiger partial charge < -0.3 is 18.9 Å². The van der Waals surface area contributed by atoms with Gasteiger partial charge in [-0.2, -0.15) is 4.98 Å². The van der Waals surface area contributed by atoms with Gasteiger partial charge in [0.2, 0.25) is 11.8 Å². The second-order valence-electron chi connectivity index (χ2n) is 4.50. The maximum Gasteiger partial charge on any atom is 0.216 e. The number of pyridine rings is 1. The van der Waals surface area contributed by atoms with Crippen molar-refractivity contribution in [2.75, 3.05) is 26.4 Å². The van der Waals surface area contributed by atoms with E-state index in [1.54, 1.807) is 0 Å². The lowest BCUT2D eigenvalue weighted by atomic mass is 10.3. The zero-order chi connectivity index (χ0) is 15.9. The van der Waals surface area contributed by atoms with Crippen molar-refractivity contribution in [3.05, 3.63) is 43.9 Å².